The van der Waals surface area contributed by atoms with Crippen molar-refractivity contribution in [2.45, 2.75) is 25.7 Å². The summed E-state index contributed by atoms with van der Waals surface area (Å²) >= 11 is 0. The number of hydrogen-bond donors (Lipinski definition) is 2. The summed E-state index contributed by atoms with van der Waals surface area (Å²) in [6.07, 6.45) is 2.00. The summed E-state index contributed by atoms with van der Waals surface area (Å²) in [5, 5.41) is 7.07. The van der Waals surface area contributed by atoms with Crippen LogP contribution in [0, 0.1) is 11.3 Å². The smallest absolute Gasteiger partial charge is 0.465 e. The number of nitrogens with two attached hydrogens (primary N) is 1. The standard InChI is InChI=1S/C13H24N2O6/c1-18-8-10(9-21-13(17)19-2)12(16)20-7-5-3-4-6-11(14)15/h10H,3-9H2,1-2H3,(H3,14,15). The summed E-state index contributed by atoms with van der Waals surface area (Å²) in [4.78, 5) is 22.7. The van der Waals surface area contributed by atoms with Crippen LogP contribution in [-0.2, 0) is 23.7 Å². The molecule has 0 saturated carbocycles. The molecule has 3 N–H and O–H groups in total. The van der Waals surface area contributed by atoms with Crippen LogP contribution in [-0.4, -0.2) is 52.0 Å². The lowest BCUT2D eigenvalue weighted by Crippen LogP contribution is -2.28. The summed E-state index contributed by atoms with van der Waals surface area (Å²) in [7, 11) is 2.63. The number of esters is 1. The minimum Gasteiger partial charge on any atom is -0.465 e. The number of hydrogen-bond acceptors (Lipinski definition) is 7. The molecule has 1 atom stereocenters. The van der Waals surface area contributed by atoms with Gasteiger partial charge in [-0.2, -0.15) is 0 Å². The molecule has 1 unspecified atom stereocenters. The molecule has 0 rings (SSSR count). The Balaban J connectivity index is 3.89. The SMILES string of the molecule is COCC(COC(=O)OC)C(=O)OCCCCCC(=N)N. The van der Waals surface area contributed by atoms with Crippen molar-refractivity contribution in [3.63, 3.8) is 0 Å². The van der Waals surface area contributed by atoms with Crippen molar-refractivity contribution in [2.75, 3.05) is 34.0 Å². The van der Waals surface area contributed by atoms with Crippen molar-refractivity contribution in [1.29, 1.82) is 5.41 Å². The Bertz CT molecular complexity index is 335. The third-order valence-electron chi connectivity index (χ3n) is 2.60. The number of rotatable bonds is 11. The summed E-state index contributed by atoms with van der Waals surface area (Å²) < 4.78 is 19.0. The Morgan fingerprint density at radius 3 is 2.38 bits per heavy atom. The minimum absolute atomic E-state index is 0.0974. The lowest BCUT2D eigenvalue weighted by molar-refractivity contribution is -0.152. The van der Waals surface area contributed by atoms with Crippen LogP contribution in [0.25, 0.3) is 0 Å². The topological polar surface area (TPSA) is 121 Å². The van der Waals surface area contributed by atoms with E-state index in [1.165, 1.54) is 14.2 Å². The predicted octanol–water partition coefficient (Wildman–Crippen LogP) is 1.07. The van der Waals surface area contributed by atoms with Crippen molar-refractivity contribution in [1.82, 2.24) is 0 Å². The molecular weight excluding hydrogens is 280 g/mol. The molecule has 0 fully saturated rings. The number of carbonyl (C=O) groups excluding carboxylic acids is 2. The highest BCUT2D eigenvalue weighted by molar-refractivity contribution is 5.76. The van der Waals surface area contributed by atoms with Crippen molar-refractivity contribution < 1.29 is 28.5 Å². The fourth-order valence-corrected chi connectivity index (χ4v) is 1.50. The van der Waals surface area contributed by atoms with E-state index < -0.39 is 18.0 Å². The van der Waals surface area contributed by atoms with E-state index in [4.69, 9.17) is 25.4 Å². The molecule has 0 radical (unpaired) electrons. The molecule has 0 heterocycles. The van der Waals surface area contributed by atoms with Crippen LogP contribution < -0.4 is 5.73 Å². The van der Waals surface area contributed by atoms with E-state index in [0.717, 1.165) is 12.8 Å². The van der Waals surface area contributed by atoms with E-state index in [1.54, 1.807) is 0 Å². The van der Waals surface area contributed by atoms with Gasteiger partial charge in [0.05, 0.1) is 26.2 Å². The molecule has 0 saturated heterocycles. The first-order valence-electron chi connectivity index (χ1n) is 6.70. The van der Waals surface area contributed by atoms with Gasteiger partial charge in [0.25, 0.3) is 0 Å². The van der Waals surface area contributed by atoms with Gasteiger partial charge >= 0.3 is 12.1 Å². The first-order valence-corrected chi connectivity index (χ1v) is 6.70. The van der Waals surface area contributed by atoms with Crippen LogP contribution in [0.1, 0.15) is 25.7 Å². The van der Waals surface area contributed by atoms with Crippen molar-refractivity contribution in [3.05, 3.63) is 0 Å². The van der Waals surface area contributed by atoms with Crippen LogP contribution in [0.3, 0.4) is 0 Å². The van der Waals surface area contributed by atoms with Crippen LogP contribution in [0.5, 0.6) is 0 Å². The molecule has 0 aliphatic rings. The summed E-state index contributed by atoms with van der Waals surface area (Å²) in [5.41, 5.74) is 5.23. The first kappa shape index (κ1) is 19.2. The molecule has 0 aromatic heterocycles. The summed E-state index contributed by atoms with van der Waals surface area (Å²) in [6, 6.07) is 0. The zero-order valence-corrected chi connectivity index (χ0v) is 12.6. The van der Waals surface area contributed by atoms with Crippen molar-refractivity contribution in [3.8, 4) is 0 Å². The Labute approximate surface area is 124 Å². The van der Waals surface area contributed by atoms with Crippen LogP contribution >= 0.6 is 0 Å². The molecule has 122 valence electrons. The molecule has 8 heteroatoms. The van der Waals surface area contributed by atoms with Gasteiger partial charge < -0.3 is 24.7 Å². The molecule has 0 amide bonds. The molecule has 8 nitrogen and oxygen atoms in total. The number of amidine groups is 1. The minimum atomic E-state index is -0.854. The highest BCUT2D eigenvalue weighted by atomic mass is 16.7. The van der Waals surface area contributed by atoms with Gasteiger partial charge in [-0.15, -0.1) is 0 Å². The maximum atomic E-state index is 11.8. The molecule has 0 spiro atoms. The lowest BCUT2D eigenvalue weighted by Gasteiger charge is -2.14. The Morgan fingerprint density at radius 2 is 1.81 bits per heavy atom. The normalized spacial score (nSPS) is 11.5. The van der Waals surface area contributed by atoms with Crippen LogP contribution in [0.15, 0.2) is 0 Å². The zero-order valence-electron chi connectivity index (χ0n) is 12.6. The van der Waals surface area contributed by atoms with Crippen LogP contribution in [0.2, 0.25) is 0 Å². The Hall–Kier alpha value is -1.83. The average Bonchev–Trinajstić information content (AvgIpc) is 2.46. The number of methoxy groups -OCH3 is 2. The Kier molecular flexibility index (Phi) is 10.9. The van der Waals surface area contributed by atoms with E-state index in [1.807, 2.05) is 0 Å². The van der Waals surface area contributed by atoms with E-state index in [9.17, 15) is 9.59 Å². The maximum absolute atomic E-state index is 11.8. The van der Waals surface area contributed by atoms with Crippen molar-refractivity contribution in [2.24, 2.45) is 11.7 Å². The molecule has 0 aromatic carbocycles. The molecule has 0 bridgehead atoms. The predicted molar refractivity (Wildman–Crippen MR) is 75.1 cm³/mol. The summed E-state index contributed by atoms with van der Waals surface area (Å²) in [6.45, 7) is 0.221. The van der Waals surface area contributed by atoms with Gasteiger partial charge in [0.2, 0.25) is 0 Å². The van der Waals surface area contributed by atoms with Gasteiger partial charge in [-0.3, -0.25) is 10.2 Å². The fourth-order valence-electron chi connectivity index (χ4n) is 1.50. The van der Waals surface area contributed by atoms with E-state index in [0.29, 0.717) is 12.8 Å². The van der Waals surface area contributed by atoms with Gasteiger partial charge in [0.15, 0.2) is 0 Å². The number of ether oxygens (including phenoxy) is 4. The van der Waals surface area contributed by atoms with Gasteiger partial charge in [0.1, 0.15) is 12.5 Å². The van der Waals surface area contributed by atoms with Gasteiger partial charge in [0, 0.05) is 13.5 Å². The highest BCUT2D eigenvalue weighted by Gasteiger charge is 2.22. The van der Waals surface area contributed by atoms with Gasteiger partial charge in [-0.1, -0.05) is 0 Å². The number of unbranched alkanes of at least 4 members (excludes halogenated alkanes) is 2. The molecule has 0 aromatic rings. The van der Waals surface area contributed by atoms with Gasteiger partial charge in [-0.25, -0.2) is 4.79 Å². The third kappa shape index (κ3) is 10.6. The maximum Gasteiger partial charge on any atom is 0.508 e. The Morgan fingerprint density at radius 1 is 1.10 bits per heavy atom. The number of nitrogens with one attached hydrogen (secondary N) is 1. The van der Waals surface area contributed by atoms with Gasteiger partial charge in [-0.05, 0) is 19.3 Å². The van der Waals surface area contributed by atoms with E-state index in [-0.39, 0.29) is 25.7 Å². The molecule has 21 heavy (non-hydrogen) atoms. The first-order chi connectivity index (χ1) is 10.0. The second-order valence-electron chi connectivity index (χ2n) is 4.42. The van der Waals surface area contributed by atoms with E-state index in [2.05, 4.69) is 4.74 Å². The van der Waals surface area contributed by atoms with Crippen LogP contribution in [0.4, 0.5) is 4.79 Å². The van der Waals surface area contributed by atoms with Crippen molar-refractivity contribution >= 4 is 18.0 Å². The second kappa shape index (κ2) is 12.0. The molecule has 0 aliphatic heterocycles. The molecule has 0 aliphatic carbocycles. The molecular formula is C13H24N2O6. The number of carbonyl (C=O) groups is 2. The highest BCUT2D eigenvalue weighted by Crippen LogP contribution is 2.05. The lowest BCUT2D eigenvalue weighted by atomic mass is 10.2. The van der Waals surface area contributed by atoms with E-state index >= 15 is 0 Å². The zero-order chi connectivity index (χ0) is 16.1. The summed E-state index contributed by atoms with van der Waals surface area (Å²) in [5.74, 6) is -0.995. The second-order valence-corrected chi connectivity index (χ2v) is 4.42. The monoisotopic (exact) mass is 304 g/mol. The average molecular weight is 304 g/mol. The quantitative estimate of drug-likeness (QED) is 0.253. The fraction of sp³-hybridized carbons (Fsp3) is 0.769. The largest absolute Gasteiger partial charge is 0.508 e. The third-order valence-corrected chi connectivity index (χ3v) is 2.60.